The topological polar surface area (TPSA) is 51.8 Å². The Kier molecular flexibility index (Phi) is 3.69. The Hall–Kier alpha value is -1.07. The largest absolute Gasteiger partial charge is 0.458 e. The fourth-order valence-electron chi connectivity index (χ4n) is 1.67. The molecule has 0 saturated heterocycles. The number of aliphatic hydroxyl groups excluding tert-OH is 1. The summed E-state index contributed by atoms with van der Waals surface area (Å²) in [4.78, 5) is 0. The Bertz CT molecular complexity index is 504. The van der Waals surface area contributed by atoms with Gasteiger partial charge >= 0.3 is 0 Å². The highest BCUT2D eigenvalue weighted by Crippen LogP contribution is 2.28. The van der Waals surface area contributed by atoms with Gasteiger partial charge in [-0.05, 0) is 24.3 Å². The number of fused-ring (bicyclic) bond motifs is 1. The number of furan rings is 1. The summed E-state index contributed by atoms with van der Waals surface area (Å²) in [5.74, 6) is 0.385. The third-order valence-corrected chi connectivity index (χ3v) is 2.75. The van der Waals surface area contributed by atoms with Gasteiger partial charge in [0.05, 0.1) is 0 Å². The van der Waals surface area contributed by atoms with Crippen LogP contribution < -0.4 is 0 Å². The molecular weight excluding hydrogens is 244 g/mol. The zero-order valence-electron chi connectivity index (χ0n) is 9.51. The van der Waals surface area contributed by atoms with Gasteiger partial charge in [0.15, 0.2) is 12.4 Å². The molecule has 2 aromatic rings. The van der Waals surface area contributed by atoms with Gasteiger partial charge in [-0.2, -0.15) is 0 Å². The Morgan fingerprint density at radius 1 is 1.24 bits per heavy atom. The summed E-state index contributed by atoms with van der Waals surface area (Å²) in [5.41, 5.74) is 0.661. The maximum absolute atomic E-state index is 9.97. The molecule has 0 radical (unpaired) electrons. The van der Waals surface area contributed by atoms with E-state index < -0.39 is 12.4 Å². The number of aliphatic hydroxyl groups is 1. The lowest BCUT2D eigenvalue weighted by atomic mass is 10.2. The molecule has 0 bridgehead atoms. The second-order valence-corrected chi connectivity index (χ2v) is 4.05. The molecule has 1 aromatic carbocycles. The lowest BCUT2D eigenvalue weighted by Gasteiger charge is -2.17. The first kappa shape index (κ1) is 12.4. The van der Waals surface area contributed by atoms with Crippen molar-refractivity contribution in [2.24, 2.45) is 0 Å². The minimum absolute atomic E-state index is 0.385. The summed E-state index contributed by atoms with van der Waals surface area (Å²) in [6.45, 7) is 0. The predicted molar refractivity (Wildman–Crippen MR) is 64.0 cm³/mol. The molecule has 92 valence electrons. The molecule has 1 N–H and O–H groups in total. The third kappa shape index (κ3) is 2.45. The summed E-state index contributed by atoms with van der Waals surface area (Å²) in [5, 5.41) is 11.4. The number of hydrogen-bond acceptors (Lipinski definition) is 4. The second kappa shape index (κ2) is 5.06. The maximum Gasteiger partial charge on any atom is 0.190 e. The van der Waals surface area contributed by atoms with Gasteiger partial charge in [-0.3, -0.25) is 0 Å². The van der Waals surface area contributed by atoms with Crippen LogP contribution in [0.25, 0.3) is 11.0 Å². The normalized spacial score (nSPS) is 13.5. The van der Waals surface area contributed by atoms with Crippen LogP contribution in [0.5, 0.6) is 0 Å². The van der Waals surface area contributed by atoms with E-state index in [9.17, 15) is 5.11 Å². The van der Waals surface area contributed by atoms with Gasteiger partial charge in [-0.15, -0.1) is 0 Å². The van der Waals surface area contributed by atoms with Crippen LogP contribution in [0, 0.1) is 0 Å². The smallest absolute Gasteiger partial charge is 0.190 e. The number of hydrogen-bond donors (Lipinski definition) is 1. The SMILES string of the molecule is COC(OC)C(O)c1cc2cc(Cl)ccc2o1. The van der Waals surface area contributed by atoms with Crippen molar-refractivity contribution in [2.75, 3.05) is 14.2 Å². The maximum atomic E-state index is 9.97. The highest BCUT2D eigenvalue weighted by molar-refractivity contribution is 6.31. The molecule has 0 aliphatic rings. The second-order valence-electron chi connectivity index (χ2n) is 3.62. The standard InChI is InChI=1S/C12H13ClO4/c1-15-12(16-2)11(14)10-6-7-5-8(13)3-4-9(7)17-10/h3-6,11-12,14H,1-2H3. The van der Waals surface area contributed by atoms with E-state index in [2.05, 4.69) is 0 Å². The van der Waals surface area contributed by atoms with Crippen molar-refractivity contribution in [3.05, 3.63) is 35.0 Å². The van der Waals surface area contributed by atoms with Crippen LogP contribution >= 0.6 is 11.6 Å². The number of rotatable bonds is 4. The lowest BCUT2D eigenvalue weighted by molar-refractivity contribution is -0.170. The van der Waals surface area contributed by atoms with Gasteiger partial charge in [0.2, 0.25) is 0 Å². The van der Waals surface area contributed by atoms with E-state index in [0.717, 1.165) is 5.39 Å². The number of ether oxygens (including phenoxy) is 2. The first-order chi connectivity index (χ1) is 8.15. The fourth-order valence-corrected chi connectivity index (χ4v) is 1.85. The first-order valence-corrected chi connectivity index (χ1v) is 5.46. The van der Waals surface area contributed by atoms with Crippen molar-refractivity contribution in [2.45, 2.75) is 12.4 Å². The summed E-state index contributed by atoms with van der Waals surface area (Å²) in [7, 11) is 2.91. The molecule has 1 atom stereocenters. The van der Waals surface area contributed by atoms with Crippen LogP contribution in [0.1, 0.15) is 11.9 Å². The Labute approximate surface area is 104 Å². The van der Waals surface area contributed by atoms with Crippen molar-refractivity contribution < 1.29 is 19.0 Å². The van der Waals surface area contributed by atoms with Crippen LogP contribution in [0.15, 0.2) is 28.7 Å². The summed E-state index contributed by atoms with van der Waals surface area (Å²) in [6, 6.07) is 6.97. The molecule has 4 nitrogen and oxygen atoms in total. The van der Waals surface area contributed by atoms with Gasteiger partial charge in [0, 0.05) is 24.6 Å². The highest BCUT2D eigenvalue weighted by Gasteiger charge is 2.23. The van der Waals surface area contributed by atoms with Crippen molar-refractivity contribution in [3.63, 3.8) is 0 Å². The van der Waals surface area contributed by atoms with E-state index >= 15 is 0 Å². The molecule has 2 rings (SSSR count). The van der Waals surface area contributed by atoms with E-state index in [1.54, 1.807) is 24.3 Å². The molecule has 1 aromatic heterocycles. The highest BCUT2D eigenvalue weighted by atomic mass is 35.5. The molecule has 0 spiro atoms. The molecule has 17 heavy (non-hydrogen) atoms. The molecule has 0 aliphatic carbocycles. The van der Waals surface area contributed by atoms with Gasteiger partial charge in [0.1, 0.15) is 11.3 Å². The third-order valence-electron chi connectivity index (χ3n) is 2.51. The molecule has 0 amide bonds. The zero-order chi connectivity index (χ0) is 12.4. The average Bonchev–Trinajstić information content (AvgIpc) is 2.73. The van der Waals surface area contributed by atoms with Gasteiger partial charge < -0.3 is 19.0 Å². The van der Waals surface area contributed by atoms with Crippen LogP contribution in [0.4, 0.5) is 0 Å². The van der Waals surface area contributed by atoms with E-state index in [1.165, 1.54) is 14.2 Å². The molecule has 1 heterocycles. The molecule has 0 saturated carbocycles. The van der Waals surface area contributed by atoms with E-state index in [-0.39, 0.29) is 0 Å². The van der Waals surface area contributed by atoms with Crippen LogP contribution in [0.2, 0.25) is 5.02 Å². The quantitative estimate of drug-likeness (QED) is 0.855. The summed E-state index contributed by atoms with van der Waals surface area (Å²) >= 11 is 5.87. The number of halogens is 1. The van der Waals surface area contributed by atoms with Crippen molar-refractivity contribution in [1.29, 1.82) is 0 Å². The van der Waals surface area contributed by atoms with E-state index in [1.807, 2.05) is 0 Å². The van der Waals surface area contributed by atoms with Crippen molar-refractivity contribution >= 4 is 22.6 Å². The minimum Gasteiger partial charge on any atom is -0.458 e. The van der Waals surface area contributed by atoms with Crippen molar-refractivity contribution in [1.82, 2.24) is 0 Å². The van der Waals surface area contributed by atoms with Crippen LogP contribution in [0.3, 0.4) is 0 Å². The van der Waals surface area contributed by atoms with Crippen LogP contribution in [-0.4, -0.2) is 25.6 Å². The zero-order valence-corrected chi connectivity index (χ0v) is 10.3. The molecule has 1 unspecified atom stereocenters. The Balaban J connectivity index is 2.35. The monoisotopic (exact) mass is 256 g/mol. The molecule has 0 aliphatic heterocycles. The van der Waals surface area contributed by atoms with Gasteiger partial charge in [-0.1, -0.05) is 11.6 Å². The summed E-state index contributed by atoms with van der Waals surface area (Å²) in [6.07, 6.45) is -1.73. The summed E-state index contributed by atoms with van der Waals surface area (Å²) < 4.78 is 15.5. The van der Waals surface area contributed by atoms with Crippen molar-refractivity contribution in [3.8, 4) is 0 Å². The van der Waals surface area contributed by atoms with Gasteiger partial charge in [0.25, 0.3) is 0 Å². The lowest BCUT2D eigenvalue weighted by Crippen LogP contribution is -2.22. The molecule has 5 heteroatoms. The number of benzene rings is 1. The minimum atomic E-state index is -0.976. The van der Waals surface area contributed by atoms with Crippen LogP contribution in [-0.2, 0) is 9.47 Å². The van der Waals surface area contributed by atoms with E-state index in [0.29, 0.717) is 16.4 Å². The fraction of sp³-hybridized carbons (Fsp3) is 0.333. The Morgan fingerprint density at radius 3 is 2.59 bits per heavy atom. The Morgan fingerprint density at radius 2 is 1.94 bits per heavy atom. The molecule has 0 fully saturated rings. The van der Waals surface area contributed by atoms with Gasteiger partial charge in [-0.25, -0.2) is 0 Å². The molecular formula is C12H13ClO4. The number of methoxy groups -OCH3 is 2. The average molecular weight is 257 g/mol. The first-order valence-electron chi connectivity index (χ1n) is 5.08. The predicted octanol–water partition coefficient (Wildman–Crippen LogP) is 2.74. The van der Waals surface area contributed by atoms with E-state index in [4.69, 9.17) is 25.5 Å².